The highest BCUT2D eigenvalue weighted by Gasteiger charge is 2.28. The van der Waals surface area contributed by atoms with E-state index < -0.39 is 12.1 Å². The number of carbonyl (C=O) groups is 2. The van der Waals surface area contributed by atoms with Crippen molar-refractivity contribution in [1.29, 1.82) is 0 Å². The van der Waals surface area contributed by atoms with Crippen LogP contribution < -0.4 is 5.32 Å². The molecule has 1 unspecified atom stereocenters. The third-order valence-electron chi connectivity index (χ3n) is 6.54. The first kappa shape index (κ1) is 23.0. The molecule has 3 aromatic carbocycles. The summed E-state index contributed by atoms with van der Waals surface area (Å²) >= 11 is 0. The lowest BCUT2D eigenvalue weighted by molar-refractivity contribution is -0.123. The van der Waals surface area contributed by atoms with Gasteiger partial charge in [-0.15, -0.1) is 0 Å². The smallest absolute Gasteiger partial charge is 0.339 e. The molecular weight excluding hydrogens is 438 g/mol. The summed E-state index contributed by atoms with van der Waals surface area (Å²) in [6.45, 7) is 6.30. The first-order valence-electron chi connectivity index (χ1n) is 12.2. The molecule has 1 atom stereocenters. The van der Waals surface area contributed by atoms with Gasteiger partial charge in [-0.2, -0.15) is 0 Å². The summed E-state index contributed by atoms with van der Waals surface area (Å²) in [5, 5.41) is 5.76. The van der Waals surface area contributed by atoms with E-state index in [2.05, 4.69) is 17.1 Å². The van der Waals surface area contributed by atoms with E-state index in [0.717, 1.165) is 58.9 Å². The van der Waals surface area contributed by atoms with Gasteiger partial charge >= 0.3 is 5.97 Å². The molecule has 0 radical (unpaired) electrons. The summed E-state index contributed by atoms with van der Waals surface area (Å²) in [7, 11) is 0. The predicted molar refractivity (Wildman–Crippen MR) is 138 cm³/mol. The van der Waals surface area contributed by atoms with Crippen LogP contribution in [-0.2, 0) is 22.5 Å². The van der Waals surface area contributed by atoms with Crippen molar-refractivity contribution in [2.75, 3.05) is 18.4 Å². The molecule has 1 aromatic heterocycles. The minimum absolute atomic E-state index is 0.367. The van der Waals surface area contributed by atoms with E-state index >= 15 is 0 Å². The number of nitrogens with one attached hydrogen (secondary N) is 1. The molecule has 178 valence electrons. The van der Waals surface area contributed by atoms with E-state index in [0.29, 0.717) is 17.8 Å². The van der Waals surface area contributed by atoms with Gasteiger partial charge in [-0.3, -0.25) is 14.7 Å². The van der Waals surface area contributed by atoms with Gasteiger partial charge in [0.1, 0.15) is 0 Å². The van der Waals surface area contributed by atoms with Crippen LogP contribution in [0.25, 0.3) is 21.7 Å². The average molecular weight is 468 g/mol. The predicted octanol–water partition coefficient (Wildman–Crippen LogP) is 5.34. The molecule has 1 aliphatic rings. The molecule has 1 aliphatic heterocycles. The van der Waals surface area contributed by atoms with Crippen molar-refractivity contribution < 1.29 is 14.3 Å². The highest BCUT2D eigenvalue weighted by Crippen LogP contribution is 2.29. The molecule has 6 nitrogen and oxygen atoms in total. The Bertz CT molecular complexity index is 1420. The molecule has 5 rings (SSSR count). The highest BCUT2D eigenvalue weighted by molar-refractivity contribution is 6.06. The van der Waals surface area contributed by atoms with E-state index in [9.17, 15) is 9.59 Å². The molecule has 35 heavy (non-hydrogen) atoms. The van der Waals surface area contributed by atoms with Crippen LogP contribution in [-0.4, -0.2) is 41.0 Å². The largest absolute Gasteiger partial charge is 0.449 e. The van der Waals surface area contributed by atoms with Crippen molar-refractivity contribution in [2.24, 2.45) is 0 Å². The Labute approximate surface area is 204 Å². The summed E-state index contributed by atoms with van der Waals surface area (Å²) in [5.74, 6) is -0.854. The van der Waals surface area contributed by atoms with Gasteiger partial charge in [0.2, 0.25) is 0 Å². The number of pyridine rings is 1. The molecule has 6 heteroatoms. The zero-order valence-corrected chi connectivity index (χ0v) is 20.1. The van der Waals surface area contributed by atoms with Crippen LogP contribution in [0.15, 0.2) is 66.7 Å². The normalized spacial score (nSPS) is 14.5. The van der Waals surface area contributed by atoms with Crippen LogP contribution in [0.4, 0.5) is 5.69 Å². The Morgan fingerprint density at radius 2 is 1.83 bits per heavy atom. The summed E-state index contributed by atoms with van der Waals surface area (Å²) in [6, 6.07) is 21.3. The number of hydrogen-bond donors (Lipinski definition) is 1. The van der Waals surface area contributed by atoms with Gasteiger partial charge < -0.3 is 10.1 Å². The maximum absolute atomic E-state index is 13.5. The van der Waals surface area contributed by atoms with Gasteiger partial charge in [-0.25, -0.2) is 4.79 Å². The Hall–Kier alpha value is -3.77. The van der Waals surface area contributed by atoms with Crippen LogP contribution in [0.2, 0.25) is 0 Å². The number of nitrogens with zero attached hydrogens (tertiary/aromatic N) is 2. The molecule has 0 saturated carbocycles. The summed E-state index contributed by atoms with van der Waals surface area (Å²) in [5.41, 5.74) is 3.82. The standard InChI is InChI=1S/C29H29N3O3/c1-3-15-32-16-14-26-24(18-32)27(23-10-6-7-11-25(23)31-26)29(34)35-19(2)28(33)30-22-13-12-20-8-4-5-9-21(20)17-22/h4-13,17,19H,3,14-16,18H2,1-2H3,(H,30,33). The van der Waals surface area contributed by atoms with Crippen molar-refractivity contribution in [3.8, 4) is 0 Å². The Morgan fingerprint density at radius 1 is 1.06 bits per heavy atom. The van der Waals surface area contributed by atoms with E-state index in [1.54, 1.807) is 6.92 Å². The minimum atomic E-state index is -0.952. The topological polar surface area (TPSA) is 71.5 Å². The summed E-state index contributed by atoms with van der Waals surface area (Å²) in [4.78, 5) is 33.6. The molecular formula is C29H29N3O3. The van der Waals surface area contributed by atoms with Gasteiger partial charge in [0.15, 0.2) is 6.10 Å². The Balaban J connectivity index is 1.39. The fraction of sp³-hybridized carbons (Fsp3) is 0.276. The molecule has 0 saturated heterocycles. The molecule has 4 aromatic rings. The first-order chi connectivity index (χ1) is 17.0. The third kappa shape index (κ3) is 4.75. The lowest BCUT2D eigenvalue weighted by atomic mass is 9.95. The van der Waals surface area contributed by atoms with Crippen molar-refractivity contribution in [2.45, 2.75) is 39.3 Å². The molecule has 0 aliphatic carbocycles. The molecule has 1 amide bonds. The Morgan fingerprint density at radius 3 is 2.66 bits per heavy atom. The van der Waals surface area contributed by atoms with Crippen LogP contribution in [0.1, 0.15) is 41.9 Å². The number of esters is 1. The summed E-state index contributed by atoms with van der Waals surface area (Å²) in [6.07, 6.45) is 0.882. The zero-order valence-electron chi connectivity index (χ0n) is 20.1. The maximum Gasteiger partial charge on any atom is 0.339 e. The number of fused-ring (bicyclic) bond motifs is 3. The van der Waals surface area contributed by atoms with E-state index in [1.807, 2.05) is 66.7 Å². The first-order valence-corrected chi connectivity index (χ1v) is 12.2. The van der Waals surface area contributed by atoms with Crippen LogP contribution in [0, 0.1) is 0 Å². The number of anilines is 1. The molecule has 2 heterocycles. The van der Waals surface area contributed by atoms with E-state index in [4.69, 9.17) is 9.72 Å². The molecule has 0 spiro atoms. The zero-order chi connectivity index (χ0) is 24.4. The van der Waals surface area contributed by atoms with E-state index in [1.165, 1.54) is 0 Å². The minimum Gasteiger partial charge on any atom is -0.449 e. The Kier molecular flexibility index (Phi) is 6.47. The monoisotopic (exact) mass is 467 g/mol. The second-order valence-corrected chi connectivity index (χ2v) is 9.05. The number of aromatic nitrogens is 1. The molecule has 0 fully saturated rings. The van der Waals surface area contributed by atoms with E-state index in [-0.39, 0.29) is 5.91 Å². The molecule has 0 bridgehead atoms. The lowest BCUT2D eigenvalue weighted by Gasteiger charge is -2.29. The van der Waals surface area contributed by atoms with Gasteiger partial charge in [-0.05, 0) is 48.9 Å². The van der Waals surface area contributed by atoms with Crippen molar-refractivity contribution >= 4 is 39.2 Å². The second kappa shape index (κ2) is 9.84. The van der Waals surface area contributed by atoms with Crippen molar-refractivity contribution in [3.05, 3.63) is 83.6 Å². The number of ether oxygens (including phenoxy) is 1. The van der Waals surface area contributed by atoms with Crippen LogP contribution in [0.5, 0.6) is 0 Å². The summed E-state index contributed by atoms with van der Waals surface area (Å²) < 4.78 is 5.73. The van der Waals surface area contributed by atoms with Gasteiger partial charge in [-0.1, -0.05) is 55.5 Å². The fourth-order valence-electron chi connectivity index (χ4n) is 4.77. The maximum atomic E-state index is 13.5. The number of amides is 1. The molecule has 1 N–H and O–H groups in total. The average Bonchev–Trinajstić information content (AvgIpc) is 2.87. The highest BCUT2D eigenvalue weighted by atomic mass is 16.5. The number of hydrogen-bond acceptors (Lipinski definition) is 5. The van der Waals surface area contributed by atoms with Crippen molar-refractivity contribution in [3.63, 3.8) is 0 Å². The van der Waals surface area contributed by atoms with Crippen molar-refractivity contribution in [1.82, 2.24) is 9.88 Å². The fourth-order valence-corrected chi connectivity index (χ4v) is 4.77. The van der Waals surface area contributed by atoms with Crippen LogP contribution >= 0.6 is 0 Å². The third-order valence-corrected chi connectivity index (χ3v) is 6.54. The van der Waals surface area contributed by atoms with Gasteiger partial charge in [0, 0.05) is 41.8 Å². The van der Waals surface area contributed by atoms with Gasteiger partial charge in [0.25, 0.3) is 5.91 Å². The number of para-hydroxylation sites is 1. The quantitative estimate of drug-likeness (QED) is 0.388. The lowest BCUT2D eigenvalue weighted by Crippen LogP contribution is -2.34. The van der Waals surface area contributed by atoms with Crippen LogP contribution in [0.3, 0.4) is 0 Å². The SMILES string of the molecule is CCCN1CCc2nc3ccccc3c(C(=O)OC(C)C(=O)Nc3ccc4ccccc4c3)c2C1. The number of carbonyl (C=O) groups excluding carboxylic acids is 2. The van der Waals surface area contributed by atoms with Gasteiger partial charge in [0.05, 0.1) is 11.1 Å². The number of rotatable bonds is 6. The number of benzene rings is 3. The second-order valence-electron chi connectivity index (χ2n) is 9.05.